The predicted molar refractivity (Wildman–Crippen MR) is 218 cm³/mol. The molecule has 2 saturated carbocycles. The van der Waals surface area contributed by atoms with Crippen LogP contribution in [0.25, 0.3) is 0 Å². The Balaban J connectivity index is 0.000000218. The SMILES string of the molecule is CC(C)Oc1cc(F)ccc1N1CCN(C2CCC(N)CC2)CC1.CC(C)Oc1cc(F)ccc1N1CCN(C2CCC(NC(=O)OC(C)(C)C)CC2)CC1. The van der Waals surface area contributed by atoms with E-state index in [2.05, 4.69) is 24.9 Å². The molecule has 55 heavy (non-hydrogen) atoms. The molecule has 0 aromatic heterocycles. The molecular formula is C43H68F2N6O4. The van der Waals surface area contributed by atoms with Gasteiger partial charge in [-0.15, -0.1) is 0 Å². The van der Waals surface area contributed by atoms with E-state index >= 15 is 0 Å². The molecule has 6 rings (SSSR count). The lowest BCUT2D eigenvalue weighted by atomic mass is 9.90. The molecule has 2 aliphatic heterocycles. The molecule has 2 aromatic rings. The van der Waals surface area contributed by atoms with E-state index in [1.165, 1.54) is 37.1 Å². The number of nitrogens with one attached hydrogen (secondary N) is 1. The van der Waals surface area contributed by atoms with Crippen molar-refractivity contribution < 1.29 is 27.8 Å². The smallest absolute Gasteiger partial charge is 0.407 e. The summed E-state index contributed by atoms with van der Waals surface area (Å²) in [6.07, 6.45) is 8.59. The van der Waals surface area contributed by atoms with Crippen molar-refractivity contribution in [1.82, 2.24) is 15.1 Å². The van der Waals surface area contributed by atoms with Gasteiger partial charge in [-0.1, -0.05) is 0 Å². The molecule has 4 aliphatic rings. The molecule has 0 unspecified atom stereocenters. The van der Waals surface area contributed by atoms with Crippen LogP contribution in [0.5, 0.6) is 11.5 Å². The first-order valence-corrected chi connectivity index (χ1v) is 20.8. The van der Waals surface area contributed by atoms with Crippen molar-refractivity contribution in [2.45, 2.75) is 142 Å². The molecule has 2 aromatic carbocycles. The van der Waals surface area contributed by atoms with Gasteiger partial charge in [0.15, 0.2) is 0 Å². The normalized spacial score (nSPS) is 24.3. The largest absolute Gasteiger partial charge is 0.489 e. The third-order valence-corrected chi connectivity index (χ3v) is 11.1. The number of nitrogens with zero attached hydrogens (tertiary/aromatic N) is 4. The number of carbonyl (C=O) groups excluding carboxylic acids is 1. The third-order valence-electron chi connectivity index (χ3n) is 11.1. The Morgan fingerprint density at radius 2 is 1.07 bits per heavy atom. The summed E-state index contributed by atoms with van der Waals surface area (Å²) in [4.78, 5) is 21.8. The van der Waals surface area contributed by atoms with Gasteiger partial charge in [-0.3, -0.25) is 9.80 Å². The molecule has 1 amide bonds. The Morgan fingerprint density at radius 3 is 1.45 bits per heavy atom. The van der Waals surface area contributed by atoms with Crippen LogP contribution in [0.2, 0.25) is 0 Å². The molecule has 0 spiro atoms. The number of hydrogen-bond donors (Lipinski definition) is 2. The summed E-state index contributed by atoms with van der Waals surface area (Å²) in [5, 5.41) is 3.02. The van der Waals surface area contributed by atoms with Gasteiger partial charge in [-0.2, -0.15) is 0 Å². The maximum atomic E-state index is 13.7. The van der Waals surface area contributed by atoms with Crippen LogP contribution in [0.1, 0.15) is 99.8 Å². The van der Waals surface area contributed by atoms with Crippen molar-refractivity contribution in [2.24, 2.45) is 5.73 Å². The van der Waals surface area contributed by atoms with Crippen LogP contribution < -0.4 is 30.3 Å². The van der Waals surface area contributed by atoms with Gasteiger partial charge in [-0.05, 0) is 124 Å². The molecule has 4 fully saturated rings. The number of benzene rings is 2. The molecule has 0 bridgehead atoms. The zero-order valence-corrected chi connectivity index (χ0v) is 34.5. The van der Waals surface area contributed by atoms with Crippen molar-refractivity contribution in [3.8, 4) is 11.5 Å². The minimum absolute atomic E-state index is 0.00585. The van der Waals surface area contributed by atoms with Gasteiger partial charge in [0.1, 0.15) is 28.7 Å². The molecule has 0 radical (unpaired) electrons. The molecule has 12 heteroatoms. The van der Waals surface area contributed by atoms with E-state index in [9.17, 15) is 13.6 Å². The van der Waals surface area contributed by atoms with Crippen LogP contribution in [0.3, 0.4) is 0 Å². The number of anilines is 2. The quantitative estimate of drug-likeness (QED) is 0.268. The Hall–Kier alpha value is -3.35. The third kappa shape index (κ3) is 13.1. The van der Waals surface area contributed by atoms with Gasteiger partial charge in [0.25, 0.3) is 0 Å². The fraction of sp³-hybridized carbons (Fsp3) is 0.698. The number of piperazine rings is 2. The van der Waals surface area contributed by atoms with Gasteiger partial charge in [0.2, 0.25) is 0 Å². The number of rotatable bonds is 9. The van der Waals surface area contributed by atoms with E-state index in [0.717, 1.165) is 102 Å². The summed E-state index contributed by atoms with van der Waals surface area (Å²) < 4.78 is 44.4. The fourth-order valence-corrected chi connectivity index (χ4v) is 8.38. The standard InChI is InChI=1S/C24H38FN3O3.C19H30FN3O/c1-17(2)30-22-16-18(25)6-11-21(22)28-14-12-27(13-15-28)20-9-7-19(8-10-20)26-23(29)31-24(3,4)5;1-14(2)24-19-13-15(20)3-8-18(19)23-11-9-22(10-12-23)17-6-4-16(21)5-7-17/h6,11,16-17,19-20H,7-10,12-15H2,1-5H3,(H,26,29);3,8,13-14,16-17H,4-7,9-12,21H2,1-2H3. The van der Waals surface area contributed by atoms with Crippen LogP contribution in [-0.2, 0) is 4.74 Å². The maximum Gasteiger partial charge on any atom is 0.407 e. The lowest BCUT2D eigenvalue weighted by molar-refractivity contribution is 0.0475. The van der Waals surface area contributed by atoms with E-state index in [1.54, 1.807) is 0 Å². The van der Waals surface area contributed by atoms with Gasteiger partial charge < -0.3 is 35.1 Å². The summed E-state index contributed by atoms with van der Waals surface area (Å²) in [5.74, 6) is 0.764. The summed E-state index contributed by atoms with van der Waals surface area (Å²) in [6.45, 7) is 21.3. The van der Waals surface area contributed by atoms with Crippen LogP contribution in [0.15, 0.2) is 36.4 Å². The van der Waals surface area contributed by atoms with Crippen LogP contribution >= 0.6 is 0 Å². The lowest BCUT2D eigenvalue weighted by Crippen LogP contribution is -2.52. The van der Waals surface area contributed by atoms with Crippen molar-refractivity contribution in [1.29, 1.82) is 0 Å². The number of ether oxygens (including phenoxy) is 3. The number of amides is 1. The van der Waals surface area contributed by atoms with E-state index in [0.29, 0.717) is 29.6 Å². The Bertz CT molecular complexity index is 1490. The second-order valence-electron chi connectivity index (χ2n) is 17.3. The Morgan fingerprint density at radius 1 is 0.673 bits per heavy atom. The highest BCUT2D eigenvalue weighted by Crippen LogP contribution is 2.34. The second-order valence-corrected chi connectivity index (χ2v) is 17.3. The minimum atomic E-state index is -0.467. The number of carbonyl (C=O) groups is 1. The molecule has 3 N–H and O–H groups in total. The van der Waals surface area contributed by atoms with Gasteiger partial charge in [0.05, 0.1) is 23.6 Å². The topological polar surface area (TPSA) is 95.8 Å². The second kappa shape index (κ2) is 19.7. The van der Waals surface area contributed by atoms with Crippen LogP contribution in [-0.4, -0.2) is 110 Å². The fourth-order valence-electron chi connectivity index (χ4n) is 8.38. The number of halogens is 2. The van der Waals surface area contributed by atoms with E-state index in [1.807, 2.05) is 60.6 Å². The van der Waals surface area contributed by atoms with E-state index < -0.39 is 5.60 Å². The average Bonchev–Trinajstić information content (AvgIpc) is 3.12. The van der Waals surface area contributed by atoms with Crippen molar-refractivity contribution in [3.05, 3.63) is 48.0 Å². The zero-order valence-electron chi connectivity index (χ0n) is 34.5. The summed E-state index contributed by atoms with van der Waals surface area (Å²) in [5.41, 5.74) is 7.54. The highest BCUT2D eigenvalue weighted by Gasteiger charge is 2.31. The summed E-state index contributed by atoms with van der Waals surface area (Å²) >= 11 is 0. The summed E-state index contributed by atoms with van der Waals surface area (Å²) in [7, 11) is 0. The number of hydrogen-bond acceptors (Lipinski definition) is 9. The van der Waals surface area contributed by atoms with E-state index in [-0.39, 0.29) is 36.0 Å². The van der Waals surface area contributed by atoms with Gasteiger partial charge in [-0.25, -0.2) is 13.6 Å². The highest BCUT2D eigenvalue weighted by molar-refractivity contribution is 5.68. The highest BCUT2D eigenvalue weighted by atomic mass is 19.1. The molecule has 0 atom stereocenters. The first-order valence-electron chi connectivity index (χ1n) is 20.8. The van der Waals surface area contributed by atoms with Crippen LogP contribution in [0, 0.1) is 11.6 Å². The number of nitrogens with two attached hydrogens (primary N) is 1. The first-order chi connectivity index (χ1) is 26.1. The Kier molecular flexibility index (Phi) is 15.3. The van der Waals surface area contributed by atoms with Gasteiger partial charge >= 0.3 is 6.09 Å². The van der Waals surface area contributed by atoms with Crippen molar-refractivity contribution in [2.75, 3.05) is 62.2 Å². The predicted octanol–water partition coefficient (Wildman–Crippen LogP) is 7.58. The minimum Gasteiger partial charge on any atom is -0.489 e. The first kappa shape index (κ1) is 42.8. The molecule has 308 valence electrons. The zero-order chi connectivity index (χ0) is 39.7. The molecule has 2 saturated heterocycles. The van der Waals surface area contributed by atoms with Crippen molar-refractivity contribution >= 4 is 17.5 Å². The lowest BCUT2D eigenvalue weighted by Gasteiger charge is -2.43. The Labute approximate surface area is 329 Å². The monoisotopic (exact) mass is 771 g/mol. The maximum absolute atomic E-state index is 13.7. The molecule has 2 aliphatic carbocycles. The molecule has 10 nitrogen and oxygen atoms in total. The van der Waals surface area contributed by atoms with Gasteiger partial charge in [0, 0.05) is 88.7 Å². The number of alkyl carbamates (subject to hydrolysis) is 1. The average molecular weight is 771 g/mol. The summed E-state index contributed by atoms with van der Waals surface area (Å²) in [6, 6.07) is 11.5. The van der Waals surface area contributed by atoms with E-state index in [4.69, 9.17) is 19.9 Å². The van der Waals surface area contributed by atoms with Crippen LogP contribution in [0.4, 0.5) is 25.0 Å². The van der Waals surface area contributed by atoms with Crippen molar-refractivity contribution in [3.63, 3.8) is 0 Å². The molecule has 2 heterocycles. The molecular weight excluding hydrogens is 703 g/mol.